The molecule has 7 nitrogen and oxygen atoms in total. The second-order valence-corrected chi connectivity index (χ2v) is 5.64. The van der Waals surface area contributed by atoms with Crippen LogP contribution in [0.2, 0.25) is 0 Å². The van der Waals surface area contributed by atoms with Crippen LogP contribution in [-0.2, 0) is 11.3 Å². The molecule has 4 rings (SSSR count). The summed E-state index contributed by atoms with van der Waals surface area (Å²) >= 11 is 0. The standard InChI is InChI=1S/C16H17N5O2/c1-22-7-10-5-11-12(20-10)6-17-15(21-11)13-14(9-3-4-9)18-8-19-16(13)23-2/h5-6,8-9,20H,3-4,7H2,1-2H3. The van der Waals surface area contributed by atoms with Gasteiger partial charge in [-0.2, -0.15) is 0 Å². The highest BCUT2D eigenvalue weighted by molar-refractivity contribution is 5.78. The Morgan fingerprint density at radius 3 is 2.83 bits per heavy atom. The zero-order valence-corrected chi connectivity index (χ0v) is 13.0. The molecule has 0 unspecified atom stereocenters. The van der Waals surface area contributed by atoms with Crippen LogP contribution in [0.1, 0.15) is 30.1 Å². The Bertz CT molecular complexity index is 857. The average molecular weight is 311 g/mol. The van der Waals surface area contributed by atoms with Crippen LogP contribution in [-0.4, -0.2) is 39.1 Å². The highest BCUT2D eigenvalue weighted by Gasteiger charge is 2.31. The number of fused-ring (bicyclic) bond motifs is 1. The van der Waals surface area contributed by atoms with Crippen molar-refractivity contribution in [2.24, 2.45) is 0 Å². The third kappa shape index (κ3) is 2.53. The smallest absolute Gasteiger partial charge is 0.227 e. The molecule has 1 fully saturated rings. The van der Waals surface area contributed by atoms with Gasteiger partial charge in [-0.3, -0.25) is 0 Å². The molecule has 0 aliphatic heterocycles. The van der Waals surface area contributed by atoms with Gasteiger partial charge in [-0.1, -0.05) is 0 Å². The van der Waals surface area contributed by atoms with E-state index in [2.05, 4.69) is 24.9 Å². The molecular formula is C16H17N5O2. The predicted octanol–water partition coefficient (Wildman–Crippen LogP) is 2.45. The summed E-state index contributed by atoms with van der Waals surface area (Å²) < 4.78 is 10.6. The minimum Gasteiger partial charge on any atom is -0.480 e. The first kappa shape index (κ1) is 14.1. The van der Waals surface area contributed by atoms with Gasteiger partial charge in [0.05, 0.1) is 36.6 Å². The molecule has 118 valence electrons. The fraction of sp³-hybridized carbons (Fsp3) is 0.375. The van der Waals surface area contributed by atoms with Gasteiger partial charge in [0.1, 0.15) is 11.9 Å². The zero-order chi connectivity index (χ0) is 15.8. The summed E-state index contributed by atoms with van der Waals surface area (Å²) in [5, 5.41) is 0. The van der Waals surface area contributed by atoms with Gasteiger partial charge in [0.25, 0.3) is 0 Å². The summed E-state index contributed by atoms with van der Waals surface area (Å²) in [6, 6.07) is 1.97. The van der Waals surface area contributed by atoms with Gasteiger partial charge < -0.3 is 14.5 Å². The first-order valence-electron chi connectivity index (χ1n) is 7.53. The van der Waals surface area contributed by atoms with Crippen molar-refractivity contribution in [2.45, 2.75) is 25.4 Å². The van der Waals surface area contributed by atoms with E-state index in [0.29, 0.717) is 24.2 Å². The number of aromatic amines is 1. The quantitative estimate of drug-likeness (QED) is 0.779. The molecule has 0 atom stereocenters. The number of H-pyrrole nitrogens is 1. The molecule has 3 heterocycles. The maximum Gasteiger partial charge on any atom is 0.227 e. The van der Waals surface area contributed by atoms with E-state index >= 15 is 0 Å². The number of aromatic nitrogens is 5. The Morgan fingerprint density at radius 1 is 1.22 bits per heavy atom. The van der Waals surface area contributed by atoms with Crippen molar-refractivity contribution in [3.05, 3.63) is 30.0 Å². The van der Waals surface area contributed by atoms with Crippen molar-refractivity contribution in [2.75, 3.05) is 14.2 Å². The van der Waals surface area contributed by atoms with Crippen LogP contribution in [0.25, 0.3) is 22.4 Å². The molecule has 0 radical (unpaired) electrons. The van der Waals surface area contributed by atoms with Crippen molar-refractivity contribution in [1.82, 2.24) is 24.9 Å². The van der Waals surface area contributed by atoms with Crippen LogP contribution in [0, 0.1) is 0 Å². The molecule has 1 saturated carbocycles. The van der Waals surface area contributed by atoms with E-state index < -0.39 is 0 Å². The lowest BCUT2D eigenvalue weighted by molar-refractivity contribution is 0.182. The Labute approximate surface area is 133 Å². The van der Waals surface area contributed by atoms with Crippen LogP contribution in [0.5, 0.6) is 5.88 Å². The number of ether oxygens (including phenoxy) is 2. The second-order valence-electron chi connectivity index (χ2n) is 5.64. The molecule has 1 aliphatic carbocycles. The third-order valence-electron chi connectivity index (χ3n) is 3.95. The number of nitrogens with one attached hydrogen (secondary N) is 1. The lowest BCUT2D eigenvalue weighted by Gasteiger charge is -2.10. The molecule has 0 aromatic carbocycles. The molecule has 7 heteroatoms. The van der Waals surface area contributed by atoms with Gasteiger partial charge in [0, 0.05) is 18.7 Å². The zero-order valence-electron chi connectivity index (χ0n) is 13.0. The fourth-order valence-corrected chi connectivity index (χ4v) is 2.74. The van der Waals surface area contributed by atoms with Crippen molar-refractivity contribution in [3.63, 3.8) is 0 Å². The first-order chi connectivity index (χ1) is 11.3. The summed E-state index contributed by atoms with van der Waals surface area (Å²) in [5.74, 6) is 1.57. The van der Waals surface area contributed by atoms with E-state index in [-0.39, 0.29) is 0 Å². The normalized spacial score (nSPS) is 14.3. The Kier molecular flexibility index (Phi) is 3.42. The SMILES string of the molecule is COCc1cc2nc(-c3c(OC)ncnc3C3CC3)ncc2[nH]1. The van der Waals surface area contributed by atoms with E-state index in [9.17, 15) is 0 Å². The van der Waals surface area contributed by atoms with Gasteiger partial charge >= 0.3 is 0 Å². The number of hydrogen-bond acceptors (Lipinski definition) is 6. The predicted molar refractivity (Wildman–Crippen MR) is 84.2 cm³/mol. The average Bonchev–Trinajstić information content (AvgIpc) is 3.34. The van der Waals surface area contributed by atoms with Gasteiger partial charge in [-0.05, 0) is 18.9 Å². The van der Waals surface area contributed by atoms with Gasteiger partial charge in [0.15, 0.2) is 5.82 Å². The molecule has 0 spiro atoms. The monoisotopic (exact) mass is 311 g/mol. The Hall–Kier alpha value is -2.54. The van der Waals surface area contributed by atoms with E-state index in [1.165, 1.54) is 0 Å². The molecule has 0 bridgehead atoms. The topological polar surface area (TPSA) is 85.8 Å². The van der Waals surface area contributed by atoms with Crippen LogP contribution >= 0.6 is 0 Å². The van der Waals surface area contributed by atoms with Crippen LogP contribution in [0.3, 0.4) is 0 Å². The third-order valence-corrected chi connectivity index (χ3v) is 3.95. The van der Waals surface area contributed by atoms with Crippen LogP contribution < -0.4 is 4.74 Å². The molecule has 0 amide bonds. The molecule has 3 aromatic heterocycles. The number of methoxy groups -OCH3 is 2. The number of hydrogen-bond donors (Lipinski definition) is 1. The van der Waals surface area contributed by atoms with Crippen molar-refractivity contribution in [1.29, 1.82) is 0 Å². The van der Waals surface area contributed by atoms with E-state index in [1.54, 1.807) is 26.7 Å². The van der Waals surface area contributed by atoms with Gasteiger partial charge in [-0.25, -0.2) is 19.9 Å². The summed E-state index contributed by atoms with van der Waals surface area (Å²) in [6.45, 7) is 0.511. The summed E-state index contributed by atoms with van der Waals surface area (Å²) in [4.78, 5) is 21.1. The molecule has 0 saturated heterocycles. The van der Waals surface area contributed by atoms with Gasteiger partial charge in [0.2, 0.25) is 5.88 Å². The minimum absolute atomic E-state index is 0.455. The van der Waals surface area contributed by atoms with E-state index in [4.69, 9.17) is 9.47 Å². The van der Waals surface area contributed by atoms with Crippen molar-refractivity contribution >= 4 is 11.0 Å². The van der Waals surface area contributed by atoms with Crippen molar-refractivity contribution < 1.29 is 9.47 Å². The van der Waals surface area contributed by atoms with Gasteiger partial charge in [-0.15, -0.1) is 0 Å². The lowest BCUT2D eigenvalue weighted by Crippen LogP contribution is -2.01. The highest BCUT2D eigenvalue weighted by atomic mass is 16.5. The summed E-state index contributed by atoms with van der Waals surface area (Å²) in [6.07, 6.45) is 5.59. The van der Waals surface area contributed by atoms with Crippen LogP contribution in [0.15, 0.2) is 18.6 Å². The Morgan fingerprint density at radius 2 is 2.09 bits per heavy atom. The highest BCUT2D eigenvalue weighted by Crippen LogP contribution is 2.44. The molecule has 1 aliphatic rings. The number of rotatable bonds is 5. The van der Waals surface area contributed by atoms with Crippen LogP contribution in [0.4, 0.5) is 0 Å². The Balaban J connectivity index is 1.85. The largest absolute Gasteiger partial charge is 0.480 e. The van der Waals surface area contributed by atoms with E-state index in [0.717, 1.165) is 40.8 Å². The van der Waals surface area contributed by atoms with Crippen molar-refractivity contribution in [3.8, 4) is 17.3 Å². The fourth-order valence-electron chi connectivity index (χ4n) is 2.74. The number of nitrogens with zero attached hydrogens (tertiary/aromatic N) is 4. The molecule has 3 aromatic rings. The maximum absolute atomic E-state index is 5.42. The molecule has 23 heavy (non-hydrogen) atoms. The summed E-state index contributed by atoms with van der Waals surface area (Å²) in [7, 11) is 3.27. The minimum atomic E-state index is 0.455. The summed E-state index contributed by atoms with van der Waals surface area (Å²) in [5.41, 5.74) is 4.46. The maximum atomic E-state index is 5.42. The lowest BCUT2D eigenvalue weighted by atomic mass is 10.1. The first-order valence-corrected chi connectivity index (χ1v) is 7.53. The molecular weight excluding hydrogens is 294 g/mol. The van der Waals surface area contributed by atoms with E-state index in [1.807, 2.05) is 6.07 Å². The molecule has 1 N–H and O–H groups in total. The second kappa shape index (κ2) is 5.58.